The summed E-state index contributed by atoms with van der Waals surface area (Å²) < 4.78 is 8.07. The molecule has 0 saturated heterocycles. The predicted molar refractivity (Wildman–Crippen MR) is 131 cm³/mol. The Morgan fingerprint density at radius 2 is 1.71 bits per heavy atom. The van der Waals surface area contributed by atoms with E-state index in [9.17, 15) is 9.59 Å². The highest BCUT2D eigenvalue weighted by atomic mass is 35.5. The van der Waals surface area contributed by atoms with Crippen LogP contribution in [0.3, 0.4) is 0 Å². The van der Waals surface area contributed by atoms with Gasteiger partial charge in [0.15, 0.2) is 5.65 Å². The zero-order valence-corrected chi connectivity index (χ0v) is 19.3. The molecular formula is C24H17Cl2N5O3. The zero-order valence-electron chi connectivity index (χ0n) is 17.8. The number of amides is 1. The van der Waals surface area contributed by atoms with Crippen molar-refractivity contribution in [1.29, 1.82) is 0 Å². The van der Waals surface area contributed by atoms with Crippen molar-refractivity contribution in [3.8, 4) is 11.1 Å². The molecule has 0 aliphatic heterocycles. The van der Waals surface area contributed by atoms with Gasteiger partial charge in [-0.15, -0.1) is 0 Å². The number of nitrogens with one attached hydrogen (secondary N) is 1. The maximum atomic E-state index is 13.1. The zero-order chi connectivity index (χ0) is 23.8. The Hall–Kier alpha value is -3.72. The minimum Gasteiger partial charge on any atom is -0.378 e. The number of ether oxygens (including phenoxy) is 1. The van der Waals surface area contributed by atoms with E-state index in [1.54, 1.807) is 54.1 Å². The molecule has 0 aliphatic carbocycles. The lowest BCUT2D eigenvalue weighted by atomic mass is 10.1. The van der Waals surface area contributed by atoms with Crippen molar-refractivity contribution < 1.29 is 9.53 Å². The molecular weight excluding hydrogens is 477 g/mol. The van der Waals surface area contributed by atoms with E-state index in [1.165, 1.54) is 12.4 Å². The first kappa shape index (κ1) is 22.1. The molecule has 0 atom stereocenters. The fourth-order valence-electron chi connectivity index (χ4n) is 3.73. The average Bonchev–Trinajstić information content (AvgIpc) is 3.20. The van der Waals surface area contributed by atoms with Crippen molar-refractivity contribution in [3.63, 3.8) is 0 Å². The molecule has 0 fully saturated rings. The second-order valence-electron chi connectivity index (χ2n) is 7.49. The molecule has 3 heterocycles. The lowest BCUT2D eigenvalue weighted by Crippen LogP contribution is -2.32. The Kier molecular flexibility index (Phi) is 5.79. The fourth-order valence-corrected chi connectivity index (χ4v) is 3.98. The number of hydrogen-bond acceptors (Lipinski definition) is 5. The number of benzene rings is 2. The molecule has 2 aromatic carbocycles. The summed E-state index contributed by atoms with van der Waals surface area (Å²) in [5, 5.41) is 6.09. The number of hydrogen-bond donors (Lipinski definition) is 1. The smallest absolute Gasteiger partial charge is 0.280 e. The van der Waals surface area contributed by atoms with Gasteiger partial charge in [0.25, 0.3) is 11.5 Å². The summed E-state index contributed by atoms with van der Waals surface area (Å²) in [7, 11) is 1.59. The molecule has 5 aromatic rings. The first-order valence-electron chi connectivity index (χ1n) is 10.2. The van der Waals surface area contributed by atoms with E-state index < -0.39 is 11.5 Å². The fraction of sp³-hybridized carbons (Fsp3) is 0.0833. The molecule has 0 aliphatic rings. The maximum Gasteiger partial charge on any atom is 0.280 e. The molecule has 0 radical (unpaired) electrons. The number of aromatic nitrogens is 4. The number of methoxy groups -OCH3 is 1. The Morgan fingerprint density at radius 3 is 2.38 bits per heavy atom. The summed E-state index contributed by atoms with van der Waals surface area (Å²) in [6.07, 6.45) is 2.97. The molecule has 1 amide bonds. The summed E-state index contributed by atoms with van der Waals surface area (Å²) in [5.74, 6) is -0.446. The molecule has 34 heavy (non-hydrogen) atoms. The van der Waals surface area contributed by atoms with Crippen molar-refractivity contribution in [2.45, 2.75) is 6.61 Å². The van der Waals surface area contributed by atoms with Gasteiger partial charge in [-0.25, -0.2) is 14.2 Å². The van der Waals surface area contributed by atoms with Gasteiger partial charge >= 0.3 is 0 Å². The number of carbonyl (C=O) groups excluding carboxylic acids is 1. The highest BCUT2D eigenvalue weighted by Crippen LogP contribution is 2.30. The van der Waals surface area contributed by atoms with E-state index in [0.29, 0.717) is 37.9 Å². The van der Waals surface area contributed by atoms with Gasteiger partial charge in [0.05, 0.1) is 28.8 Å². The monoisotopic (exact) mass is 493 g/mol. The van der Waals surface area contributed by atoms with E-state index in [0.717, 1.165) is 15.8 Å². The van der Waals surface area contributed by atoms with Crippen molar-refractivity contribution >= 4 is 45.7 Å². The molecule has 3 aromatic heterocycles. The van der Waals surface area contributed by atoms with Gasteiger partial charge in [-0.2, -0.15) is 5.10 Å². The minimum atomic E-state index is -0.446. The molecule has 0 unspecified atom stereocenters. The van der Waals surface area contributed by atoms with E-state index in [1.807, 2.05) is 12.1 Å². The van der Waals surface area contributed by atoms with Gasteiger partial charge in [0.1, 0.15) is 0 Å². The number of rotatable bonds is 5. The molecule has 0 saturated carbocycles. The van der Waals surface area contributed by atoms with Crippen LogP contribution in [0.25, 0.3) is 27.7 Å². The third kappa shape index (κ3) is 3.92. The lowest BCUT2D eigenvalue weighted by Gasteiger charge is -2.10. The van der Waals surface area contributed by atoms with Gasteiger partial charge in [-0.1, -0.05) is 35.3 Å². The number of carbonyl (C=O) groups is 1. The summed E-state index contributed by atoms with van der Waals surface area (Å²) in [6, 6.07) is 15.4. The van der Waals surface area contributed by atoms with Gasteiger partial charge in [-0.05, 0) is 48.0 Å². The third-order valence-electron chi connectivity index (χ3n) is 5.33. The number of pyridine rings is 1. The van der Waals surface area contributed by atoms with Crippen LogP contribution in [-0.2, 0) is 11.3 Å². The topological polar surface area (TPSA) is 90.5 Å². The number of nitrogens with zero attached hydrogens (tertiary/aromatic N) is 4. The van der Waals surface area contributed by atoms with Crippen molar-refractivity contribution in [3.05, 3.63) is 98.6 Å². The van der Waals surface area contributed by atoms with E-state index in [-0.39, 0.29) is 6.61 Å². The minimum absolute atomic E-state index is 0.261. The van der Waals surface area contributed by atoms with Crippen LogP contribution in [0.1, 0.15) is 16.1 Å². The summed E-state index contributed by atoms with van der Waals surface area (Å²) in [6.45, 7) is 0.261. The highest BCUT2D eigenvalue weighted by molar-refractivity contribution is 6.31. The Morgan fingerprint density at radius 1 is 1.03 bits per heavy atom. The van der Waals surface area contributed by atoms with Crippen LogP contribution < -0.4 is 11.0 Å². The first-order valence-corrected chi connectivity index (χ1v) is 11.0. The summed E-state index contributed by atoms with van der Waals surface area (Å²) in [4.78, 5) is 30.2. The molecule has 5 rings (SSSR count). The molecule has 8 nitrogen and oxygen atoms in total. The van der Waals surface area contributed by atoms with Gasteiger partial charge in [0, 0.05) is 35.1 Å². The van der Waals surface area contributed by atoms with Crippen LogP contribution in [0.2, 0.25) is 10.0 Å². The Balaban J connectivity index is 1.61. The van der Waals surface area contributed by atoms with Gasteiger partial charge in [-0.3, -0.25) is 15.0 Å². The van der Waals surface area contributed by atoms with E-state index in [2.05, 4.69) is 15.5 Å². The van der Waals surface area contributed by atoms with E-state index >= 15 is 0 Å². The Bertz CT molecular complexity index is 1590. The third-order valence-corrected chi connectivity index (χ3v) is 5.83. The number of fused-ring (bicyclic) bond motifs is 3. The molecule has 170 valence electrons. The molecule has 10 heteroatoms. The largest absolute Gasteiger partial charge is 0.378 e. The average molecular weight is 494 g/mol. The van der Waals surface area contributed by atoms with Crippen LogP contribution in [0.4, 0.5) is 0 Å². The second kappa shape index (κ2) is 8.90. The van der Waals surface area contributed by atoms with Crippen molar-refractivity contribution in [2.24, 2.45) is 0 Å². The molecule has 0 bridgehead atoms. The summed E-state index contributed by atoms with van der Waals surface area (Å²) in [5.41, 5.74) is 5.98. The van der Waals surface area contributed by atoms with Crippen molar-refractivity contribution in [1.82, 2.24) is 19.3 Å². The van der Waals surface area contributed by atoms with Crippen LogP contribution in [0.15, 0.2) is 71.8 Å². The lowest BCUT2D eigenvalue weighted by molar-refractivity contribution is 0.101. The second-order valence-corrected chi connectivity index (χ2v) is 8.37. The van der Waals surface area contributed by atoms with Crippen LogP contribution >= 0.6 is 23.2 Å². The normalized spacial score (nSPS) is 11.3. The standard InChI is InChI=1S/C24H17Cl2N5O3/c1-34-13-19-21(14-2-6-16(25)7-3-14)22-27-12-18-20(31(22)28-19)10-11-30(24(18)33)29-23(32)15-4-8-17(26)9-5-15/h2-12H,13H2,1H3,(H,29,32). The van der Waals surface area contributed by atoms with Crippen LogP contribution in [-0.4, -0.2) is 32.3 Å². The Labute approximate surface area is 203 Å². The molecule has 1 N–H and O–H groups in total. The SMILES string of the molecule is COCc1nn2c(ncc3c(=O)n(NC(=O)c4ccc(Cl)cc4)ccc32)c1-c1ccc(Cl)cc1. The first-order chi connectivity index (χ1) is 16.5. The van der Waals surface area contributed by atoms with Crippen molar-refractivity contribution in [2.75, 3.05) is 12.5 Å². The van der Waals surface area contributed by atoms with Crippen LogP contribution in [0.5, 0.6) is 0 Å². The van der Waals surface area contributed by atoms with Gasteiger partial charge < -0.3 is 4.74 Å². The quantitative estimate of drug-likeness (QED) is 0.387. The molecule has 0 spiro atoms. The number of halogens is 2. The van der Waals surface area contributed by atoms with E-state index in [4.69, 9.17) is 27.9 Å². The summed E-state index contributed by atoms with van der Waals surface area (Å²) >= 11 is 11.9. The maximum absolute atomic E-state index is 13.1. The predicted octanol–water partition coefficient (Wildman–Crippen LogP) is 4.55. The van der Waals surface area contributed by atoms with Crippen LogP contribution in [0, 0.1) is 0 Å². The van der Waals surface area contributed by atoms with Gasteiger partial charge in [0.2, 0.25) is 0 Å². The highest BCUT2D eigenvalue weighted by Gasteiger charge is 2.19.